The molecule has 0 aromatic rings. The highest BCUT2D eigenvalue weighted by atomic mass is 16.5. The first-order valence-corrected chi connectivity index (χ1v) is 7.60. The minimum absolute atomic E-state index is 0.157. The molecule has 1 heterocycles. The maximum absolute atomic E-state index is 11.9. The molecule has 1 aliphatic rings. The summed E-state index contributed by atoms with van der Waals surface area (Å²) in [7, 11) is 0. The molecule has 1 amide bonds. The van der Waals surface area contributed by atoms with E-state index in [2.05, 4.69) is 5.32 Å². The highest BCUT2D eigenvalue weighted by Gasteiger charge is 2.33. The number of hydrogen-bond donors (Lipinski definition) is 2. The first-order chi connectivity index (χ1) is 9.48. The van der Waals surface area contributed by atoms with Gasteiger partial charge in [0.25, 0.3) is 0 Å². The SMILES string of the molecule is CCCC(C)(NC(=O)CCCC1CCOCC1)C(=O)O. The van der Waals surface area contributed by atoms with Crippen molar-refractivity contribution in [3.63, 3.8) is 0 Å². The molecule has 0 aromatic heterocycles. The molecule has 2 N–H and O–H groups in total. The van der Waals surface area contributed by atoms with Gasteiger partial charge in [0.15, 0.2) is 0 Å². The van der Waals surface area contributed by atoms with Crippen LogP contribution in [0.5, 0.6) is 0 Å². The van der Waals surface area contributed by atoms with Gasteiger partial charge in [0.05, 0.1) is 0 Å². The fourth-order valence-corrected chi connectivity index (χ4v) is 2.68. The van der Waals surface area contributed by atoms with Crippen molar-refractivity contribution in [1.82, 2.24) is 5.32 Å². The number of nitrogens with one attached hydrogen (secondary N) is 1. The van der Waals surface area contributed by atoms with Crippen molar-refractivity contribution >= 4 is 11.9 Å². The van der Waals surface area contributed by atoms with E-state index in [0.29, 0.717) is 18.8 Å². The number of carbonyl (C=O) groups is 2. The molecule has 0 aromatic carbocycles. The summed E-state index contributed by atoms with van der Waals surface area (Å²) in [4.78, 5) is 23.1. The van der Waals surface area contributed by atoms with Crippen LogP contribution in [0.25, 0.3) is 0 Å². The summed E-state index contributed by atoms with van der Waals surface area (Å²) in [6.07, 6.45) is 5.57. The molecule has 5 heteroatoms. The summed E-state index contributed by atoms with van der Waals surface area (Å²) >= 11 is 0. The molecule has 1 saturated heterocycles. The first-order valence-electron chi connectivity index (χ1n) is 7.60. The summed E-state index contributed by atoms with van der Waals surface area (Å²) in [6.45, 7) is 5.14. The van der Waals surface area contributed by atoms with Gasteiger partial charge in [-0.1, -0.05) is 13.3 Å². The van der Waals surface area contributed by atoms with Crippen LogP contribution in [-0.4, -0.2) is 35.7 Å². The van der Waals surface area contributed by atoms with Crippen molar-refractivity contribution in [1.29, 1.82) is 0 Å². The Morgan fingerprint density at radius 2 is 2.00 bits per heavy atom. The lowest BCUT2D eigenvalue weighted by Gasteiger charge is -2.26. The van der Waals surface area contributed by atoms with Crippen molar-refractivity contribution in [2.24, 2.45) is 5.92 Å². The quantitative estimate of drug-likeness (QED) is 0.717. The molecular formula is C15H27NO4. The summed E-state index contributed by atoms with van der Waals surface area (Å²) in [6, 6.07) is 0. The van der Waals surface area contributed by atoms with E-state index < -0.39 is 11.5 Å². The van der Waals surface area contributed by atoms with Gasteiger partial charge in [0, 0.05) is 19.6 Å². The summed E-state index contributed by atoms with van der Waals surface area (Å²) in [5, 5.41) is 11.9. The molecule has 0 saturated carbocycles. The molecule has 0 radical (unpaired) electrons. The molecule has 5 nitrogen and oxygen atoms in total. The summed E-state index contributed by atoms with van der Waals surface area (Å²) in [5.74, 6) is -0.467. The third kappa shape index (κ3) is 5.49. The standard InChI is InChI=1S/C15H27NO4/c1-3-9-15(2,14(18)19)16-13(17)6-4-5-12-7-10-20-11-8-12/h12H,3-11H2,1-2H3,(H,16,17)(H,18,19). The van der Waals surface area contributed by atoms with Crippen LogP contribution in [0.1, 0.15) is 58.8 Å². The fraction of sp³-hybridized carbons (Fsp3) is 0.867. The zero-order valence-electron chi connectivity index (χ0n) is 12.6. The first kappa shape index (κ1) is 17.0. The van der Waals surface area contributed by atoms with Gasteiger partial charge in [0.1, 0.15) is 5.54 Å². The molecule has 20 heavy (non-hydrogen) atoms. The Bertz CT molecular complexity index is 326. The number of carbonyl (C=O) groups excluding carboxylic acids is 1. The second-order valence-electron chi connectivity index (χ2n) is 5.88. The topological polar surface area (TPSA) is 75.6 Å². The lowest BCUT2D eigenvalue weighted by molar-refractivity contribution is -0.147. The van der Waals surface area contributed by atoms with Crippen molar-refractivity contribution in [3.8, 4) is 0 Å². The van der Waals surface area contributed by atoms with Gasteiger partial charge >= 0.3 is 5.97 Å². The number of amides is 1. The minimum Gasteiger partial charge on any atom is -0.480 e. The number of aliphatic carboxylic acids is 1. The third-order valence-electron chi connectivity index (χ3n) is 3.99. The van der Waals surface area contributed by atoms with E-state index >= 15 is 0 Å². The van der Waals surface area contributed by atoms with Gasteiger partial charge in [-0.2, -0.15) is 0 Å². The molecule has 1 aliphatic heterocycles. The molecule has 116 valence electrons. The molecule has 0 bridgehead atoms. The molecule has 1 fully saturated rings. The lowest BCUT2D eigenvalue weighted by Crippen LogP contribution is -2.52. The van der Waals surface area contributed by atoms with Crippen LogP contribution in [0.4, 0.5) is 0 Å². The Morgan fingerprint density at radius 3 is 2.55 bits per heavy atom. The second kappa shape index (κ2) is 8.25. The Morgan fingerprint density at radius 1 is 1.35 bits per heavy atom. The van der Waals surface area contributed by atoms with Crippen LogP contribution in [0.15, 0.2) is 0 Å². The number of carboxylic acid groups (broad SMARTS) is 1. The normalized spacial score (nSPS) is 19.3. The van der Waals surface area contributed by atoms with Crippen LogP contribution < -0.4 is 5.32 Å². The highest BCUT2D eigenvalue weighted by Crippen LogP contribution is 2.21. The average Bonchev–Trinajstić information content (AvgIpc) is 2.40. The lowest BCUT2D eigenvalue weighted by atomic mass is 9.93. The van der Waals surface area contributed by atoms with Crippen LogP contribution in [0.3, 0.4) is 0 Å². The van der Waals surface area contributed by atoms with Crippen LogP contribution in [-0.2, 0) is 14.3 Å². The number of ether oxygens (including phenoxy) is 1. The Balaban J connectivity index is 2.29. The largest absolute Gasteiger partial charge is 0.480 e. The van der Waals surface area contributed by atoms with Gasteiger partial charge in [-0.05, 0) is 44.9 Å². The monoisotopic (exact) mass is 285 g/mol. The van der Waals surface area contributed by atoms with E-state index in [-0.39, 0.29) is 5.91 Å². The van der Waals surface area contributed by atoms with E-state index in [0.717, 1.165) is 45.3 Å². The zero-order chi connectivity index (χ0) is 15.0. The van der Waals surface area contributed by atoms with Gasteiger partial charge in [-0.15, -0.1) is 0 Å². The predicted octanol–water partition coefficient (Wildman–Crippen LogP) is 2.34. The molecule has 1 unspecified atom stereocenters. The van der Waals surface area contributed by atoms with Crippen molar-refractivity contribution < 1.29 is 19.4 Å². The minimum atomic E-state index is -1.13. The molecule has 1 rings (SSSR count). The van der Waals surface area contributed by atoms with Crippen LogP contribution in [0, 0.1) is 5.92 Å². The van der Waals surface area contributed by atoms with Gasteiger partial charge in [0.2, 0.25) is 5.91 Å². The predicted molar refractivity (Wildman–Crippen MR) is 76.5 cm³/mol. The molecular weight excluding hydrogens is 258 g/mol. The van der Waals surface area contributed by atoms with E-state index in [4.69, 9.17) is 4.74 Å². The zero-order valence-corrected chi connectivity index (χ0v) is 12.6. The van der Waals surface area contributed by atoms with E-state index in [1.807, 2.05) is 6.92 Å². The average molecular weight is 285 g/mol. The van der Waals surface area contributed by atoms with Crippen molar-refractivity contribution in [3.05, 3.63) is 0 Å². The van der Waals surface area contributed by atoms with Crippen molar-refractivity contribution in [2.45, 2.75) is 64.3 Å². The van der Waals surface area contributed by atoms with Crippen LogP contribution in [0.2, 0.25) is 0 Å². The van der Waals surface area contributed by atoms with E-state index in [1.165, 1.54) is 0 Å². The van der Waals surface area contributed by atoms with Gasteiger partial charge < -0.3 is 15.2 Å². The third-order valence-corrected chi connectivity index (χ3v) is 3.99. The maximum atomic E-state index is 11.9. The van der Waals surface area contributed by atoms with E-state index in [1.54, 1.807) is 6.92 Å². The number of rotatable bonds is 8. The highest BCUT2D eigenvalue weighted by molar-refractivity contribution is 5.86. The van der Waals surface area contributed by atoms with Gasteiger partial charge in [-0.3, -0.25) is 4.79 Å². The fourth-order valence-electron chi connectivity index (χ4n) is 2.68. The molecule has 0 spiro atoms. The molecule has 0 aliphatic carbocycles. The number of hydrogen-bond acceptors (Lipinski definition) is 3. The Hall–Kier alpha value is -1.10. The smallest absolute Gasteiger partial charge is 0.329 e. The van der Waals surface area contributed by atoms with Crippen molar-refractivity contribution in [2.75, 3.05) is 13.2 Å². The second-order valence-corrected chi connectivity index (χ2v) is 5.88. The summed E-state index contributed by atoms with van der Waals surface area (Å²) in [5.41, 5.74) is -1.13. The molecule has 1 atom stereocenters. The Labute approximate surface area is 121 Å². The maximum Gasteiger partial charge on any atom is 0.329 e. The number of carboxylic acids is 1. The van der Waals surface area contributed by atoms with Crippen LogP contribution >= 0.6 is 0 Å². The Kier molecular flexibility index (Phi) is 6.99. The summed E-state index contributed by atoms with van der Waals surface area (Å²) < 4.78 is 5.30. The van der Waals surface area contributed by atoms with Gasteiger partial charge in [-0.25, -0.2) is 4.79 Å². The van der Waals surface area contributed by atoms with E-state index in [9.17, 15) is 14.7 Å².